The molecule has 2 rings (SSSR count). The zero-order valence-corrected chi connectivity index (χ0v) is 10.1. The number of hydrogen-bond acceptors (Lipinski definition) is 3. The van der Waals surface area contributed by atoms with Crippen molar-refractivity contribution in [3.05, 3.63) is 0 Å². The number of aliphatic carboxylic acids is 1. The summed E-state index contributed by atoms with van der Waals surface area (Å²) in [6.45, 7) is 3.05. The molecule has 96 valence electrons. The predicted molar refractivity (Wildman–Crippen MR) is 60.5 cm³/mol. The minimum atomic E-state index is -0.885. The van der Waals surface area contributed by atoms with Crippen molar-refractivity contribution in [1.29, 1.82) is 0 Å². The molecule has 1 N–H and O–H groups in total. The average Bonchev–Trinajstić information content (AvgIpc) is 2.74. The molecule has 0 aromatic carbocycles. The molecular weight excluding hydrogens is 222 g/mol. The van der Waals surface area contributed by atoms with Crippen LogP contribution in [0.4, 0.5) is 0 Å². The molecule has 0 saturated carbocycles. The van der Waals surface area contributed by atoms with E-state index in [4.69, 9.17) is 9.84 Å². The Kier molecular flexibility index (Phi) is 3.66. The summed E-state index contributed by atoms with van der Waals surface area (Å²) < 4.78 is 5.38. The lowest BCUT2D eigenvalue weighted by atomic mass is 9.96. The fraction of sp³-hybridized carbons (Fsp3) is 0.833. The molecule has 0 bridgehead atoms. The number of amides is 1. The van der Waals surface area contributed by atoms with Gasteiger partial charge in [0.2, 0.25) is 5.91 Å². The highest BCUT2D eigenvalue weighted by molar-refractivity contribution is 5.85. The molecule has 0 aliphatic carbocycles. The Labute approximate surface area is 101 Å². The van der Waals surface area contributed by atoms with Gasteiger partial charge in [-0.3, -0.25) is 4.79 Å². The van der Waals surface area contributed by atoms with E-state index in [1.165, 1.54) is 0 Å². The van der Waals surface area contributed by atoms with E-state index in [2.05, 4.69) is 0 Å². The predicted octanol–water partition coefficient (Wildman–Crippen LogP) is 0.877. The maximum absolute atomic E-state index is 12.3. The third kappa shape index (κ3) is 2.44. The van der Waals surface area contributed by atoms with Gasteiger partial charge in [-0.2, -0.15) is 0 Å². The van der Waals surface area contributed by atoms with Crippen LogP contribution in [0.5, 0.6) is 0 Å². The van der Waals surface area contributed by atoms with Gasteiger partial charge in [0, 0.05) is 13.2 Å². The Morgan fingerprint density at radius 3 is 2.65 bits per heavy atom. The summed E-state index contributed by atoms with van der Waals surface area (Å²) in [5, 5.41) is 9.14. The average molecular weight is 241 g/mol. The monoisotopic (exact) mass is 241 g/mol. The smallest absolute Gasteiger partial charge is 0.326 e. The first-order valence-electron chi connectivity index (χ1n) is 6.26. The van der Waals surface area contributed by atoms with E-state index in [9.17, 15) is 9.59 Å². The van der Waals surface area contributed by atoms with Gasteiger partial charge in [0.15, 0.2) is 0 Å². The molecule has 2 heterocycles. The van der Waals surface area contributed by atoms with E-state index in [0.717, 1.165) is 12.8 Å². The molecule has 3 atom stereocenters. The molecule has 0 aromatic rings. The Balaban J connectivity index is 2.08. The molecule has 0 spiro atoms. The summed E-state index contributed by atoms with van der Waals surface area (Å²) in [6.07, 6.45) is 2.99. The van der Waals surface area contributed by atoms with Gasteiger partial charge in [0.05, 0.1) is 12.0 Å². The number of ether oxygens (including phenoxy) is 1. The zero-order chi connectivity index (χ0) is 12.4. The fourth-order valence-corrected chi connectivity index (χ4v) is 2.72. The lowest BCUT2D eigenvalue weighted by molar-refractivity contribution is -0.154. The van der Waals surface area contributed by atoms with Gasteiger partial charge in [-0.15, -0.1) is 0 Å². The van der Waals surface area contributed by atoms with E-state index in [0.29, 0.717) is 26.0 Å². The van der Waals surface area contributed by atoms with Crippen molar-refractivity contribution in [2.24, 2.45) is 5.92 Å². The van der Waals surface area contributed by atoms with Crippen LogP contribution in [-0.2, 0) is 14.3 Å². The van der Waals surface area contributed by atoms with Crippen molar-refractivity contribution in [3.8, 4) is 0 Å². The Morgan fingerprint density at radius 2 is 2.06 bits per heavy atom. The zero-order valence-electron chi connectivity index (χ0n) is 10.1. The number of likely N-dealkylation sites (tertiary alicyclic amines) is 1. The van der Waals surface area contributed by atoms with Crippen LogP contribution in [0.2, 0.25) is 0 Å². The standard InChI is InChI=1S/C12H19NO4/c1-8-9(5-7-17-8)11(14)13-6-3-2-4-10(13)12(15)16/h8-10H,2-7H2,1H3,(H,15,16). The molecule has 2 saturated heterocycles. The van der Waals surface area contributed by atoms with Gasteiger partial charge in [-0.25, -0.2) is 4.79 Å². The molecule has 1 amide bonds. The first-order chi connectivity index (χ1) is 8.11. The van der Waals surface area contributed by atoms with Gasteiger partial charge in [-0.1, -0.05) is 0 Å². The molecule has 2 aliphatic heterocycles. The highest BCUT2D eigenvalue weighted by atomic mass is 16.5. The number of carboxylic acids is 1. The number of carbonyl (C=O) groups excluding carboxylic acids is 1. The van der Waals surface area contributed by atoms with E-state index in [1.807, 2.05) is 6.92 Å². The molecule has 3 unspecified atom stereocenters. The first kappa shape index (κ1) is 12.4. The SMILES string of the molecule is CC1OCCC1C(=O)N1CCCCC1C(=O)O. The number of nitrogens with zero attached hydrogens (tertiary/aromatic N) is 1. The lowest BCUT2D eigenvalue weighted by Gasteiger charge is -2.35. The van der Waals surface area contributed by atoms with Gasteiger partial charge < -0.3 is 14.7 Å². The lowest BCUT2D eigenvalue weighted by Crippen LogP contribution is -2.51. The normalized spacial score (nSPS) is 33.7. The van der Waals surface area contributed by atoms with E-state index in [-0.39, 0.29) is 17.9 Å². The summed E-state index contributed by atoms with van der Waals surface area (Å²) >= 11 is 0. The van der Waals surface area contributed by atoms with Crippen LogP contribution in [0.15, 0.2) is 0 Å². The maximum atomic E-state index is 12.3. The quantitative estimate of drug-likeness (QED) is 0.779. The molecule has 5 heteroatoms. The van der Waals surface area contributed by atoms with Gasteiger partial charge >= 0.3 is 5.97 Å². The van der Waals surface area contributed by atoms with Crippen molar-refractivity contribution in [3.63, 3.8) is 0 Å². The van der Waals surface area contributed by atoms with Crippen LogP contribution in [0.1, 0.15) is 32.6 Å². The molecule has 5 nitrogen and oxygen atoms in total. The van der Waals surface area contributed by atoms with Crippen LogP contribution in [0.3, 0.4) is 0 Å². The topological polar surface area (TPSA) is 66.8 Å². The summed E-state index contributed by atoms with van der Waals surface area (Å²) in [4.78, 5) is 25.0. The van der Waals surface area contributed by atoms with Crippen LogP contribution in [0, 0.1) is 5.92 Å². The summed E-state index contributed by atoms with van der Waals surface area (Å²) in [5.41, 5.74) is 0. The molecule has 2 aliphatic rings. The Hall–Kier alpha value is -1.10. The molecule has 0 aromatic heterocycles. The molecule has 17 heavy (non-hydrogen) atoms. The largest absolute Gasteiger partial charge is 0.480 e. The van der Waals surface area contributed by atoms with Crippen molar-refractivity contribution in [2.45, 2.75) is 44.8 Å². The van der Waals surface area contributed by atoms with E-state index in [1.54, 1.807) is 4.90 Å². The second-order valence-corrected chi connectivity index (χ2v) is 4.85. The summed E-state index contributed by atoms with van der Waals surface area (Å²) in [7, 11) is 0. The number of carbonyl (C=O) groups is 2. The molecule has 2 fully saturated rings. The molecule has 0 radical (unpaired) electrons. The highest BCUT2D eigenvalue weighted by Gasteiger charge is 2.39. The summed E-state index contributed by atoms with van der Waals surface area (Å²) in [5.74, 6) is -1.08. The van der Waals surface area contributed by atoms with Crippen LogP contribution in [-0.4, -0.2) is 47.2 Å². The fourth-order valence-electron chi connectivity index (χ4n) is 2.72. The van der Waals surface area contributed by atoms with Crippen molar-refractivity contribution in [2.75, 3.05) is 13.2 Å². The maximum Gasteiger partial charge on any atom is 0.326 e. The number of hydrogen-bond donors (Lipinski definition) is 1. The third-order valence-corrected chi connectivity index (χ3v) is 3.76. The minimum Gasteiger partial charge on any atom is -0.480 e. The van der Waals surface area contributed by atoms with E-state index >= 15 is 0 Å². The number of carboxylic acid groups (broad SMARTS) is 1. The number of rotatable bonds is 2. The van der Waals surface area contributed by atoms with Crippen molar-refractivity contribution >= 4 is 11.9 Å². The molecular formula is C12H19NO4. The Bertz CT molecular complexity index is 318. The first-order valence-corrected chi connectivity index (χ1v) is 6.26. The van der Waals surface area contributed by atoms with Crippen LogP contribution in [0.25, 0.3) is 0 Å². The van der Waals surface area contributed by atoms with Crippen molar-refractivity contribution < 1.29 is 19.4 Å². The van der Waals surface area contributed by atoms with Crippen LogP contribution < -0.4 is 0 Å². The van der Waals surface area contributed by atoms with Gasteiger partial charge in [0.1, 0.15) is 6.04 Å². The van der Waals surface area contributed by atoms with Crippen molar-refractivity contribution in [1.82, 2.24) is 4.90 Å². The highest BCUT2D eigenvalue weighted by Crippen LogP contribution is 2.26. The second kappa shape index (κ2) is 5.04. The minimum absolute atomic E-state index is 0.0397. The van der Waals surface area contributed by atoms with Crippen LogP contribution >= 0.6 is 0 Å². The number of piperidine rings is 1. The second-order valence-electron chi connectivity index (χ2n) is 4.85. The van der Waals surface area contributed by atoms with E-state index < -0.39 is 12.0 Å². The van der Waals surface area contributed by atoms with Gasteiger partial charge in [0.25, 0.3) is 0 Å². The Morgan fingerprint density at radius 1 is 1.29 bits per heavy atom. The summed E-state index contributed by atoms with van der Waals surface area (Å²) in [6, 6.07) is -0.635. The third-order valence-electron chi connectivity index (χ3n) is 3.76. The van der Waals surface area contributed by atoms with Gasteiger partial charge in [-0.05, 0) is 32.6 Å².